The molecule has 1 heterocycles. The minimum Gasteiger partial charge on any atom is -0.356 e. The van der Waals surface area contributed by atoms with Gasteiger partial charge in [-0.05, 0) is 23.0 Å². The smallest absolute Gasteiger partial charge is 0.228 e. The second kappa shape index (κ2) is 9.53. The van der Waals surface area contributed by atoms with E-state index in [2.05, 4.69) is 84.7 Å². The summed E-state index contributed by atoms with van der Waals surface area (Å²) >= 11 is 0. The molecule has 0 radical (unpaired) electrons. The maximum absolute atomic E-state index is 5.25. The van der Waals surface area contributed by atoms with E-state index in [4.69, 9.17) is 4.52 Å². The Morgan fingerprint density at radius 2 is 1.70 bits per heavy atom. The fraction of sp³-hybridized carbons (Fsp3) is 0.571. The van der Waals surface area contributed by atoms with Gasteiger partial charge >= 0.3 is 0 Å². The van der Waals surface area contributed by atoms with E-state index in [9.17, 15) is 0 Å². The van der Waals surface area contributed by atoms with E-state index in [1.54, 1.807) is 7.05 Å². The van der Waals surface area contributed by atoms with Crippen LogP contribution in [0.4, 0.5) is 0 Å². The highest BCUT2D eigenvalue weighted by atomic mass is 16.5. The third-order valence-corrected chi connectivity index (χ3v) is 4.38. The molecule has 2 aromatic rings. The number of rotatable bonds is 7. The van der Waals surface area contributed by atoms with Crippen molar-refractivity contribution in [1.29, 1.82) is 0 Å². The maximum Gasteiger partial charge on any atom is 0.228 e. The Labute approximate surface area is 162 Å². The minimum atomic E-state index is 0.192. The lowest BCUT2D eigenvalue weighted by molar-refractivity contribution is 0.371. The summed E-state index contributed by atoms with van der Waals surface area (Å²) in [7, 11) is 1.77. The molecule has 6 heteroatoms. The van der Waals surface area contributed by atoms with Crippen LogP contribution in [0.1, 0.15) is 63.4 Å². The predicted octanol–water partition coefficient (Wildman–Crippen LogP) is 3.44. The summed E-state index contributed by atoms with van der Waals surface area (Å²) in [5.74, 6) is 2.47. The van der Waals surface area contributed by atoms with E-state index in [0.29, 0.717) is 18.9 Å². The summed E-state index contributed by atoms with van der Waals surface area (Å²) < 4.78 is 5.25. The first-order chi connectivity index (χ1) is 12.8. The fourth-order valence-electron chi connectivity index (χ4n) is 2.61. The molecule has 148 valence electrons. The van der Waals surface area contributed by atoms with Crippen molar-refractivity contribution >= 4 is 5.96 Å². The Balaban J connectivity index is 1.72. The second-order valence-corrected chi connectivity index (χ2v) is 8.07. The standard InChI is InChI=1S/C21H33N5O/c1-15(2)19-25-18(27-26-19)12-14-24-20(22-6)23-13-11-16-7-9-17(10-8-16)21(3,4)5/h7-10,15H,11-14H2,1-6H3,(H2,22,23,24). The first kappa shape index (κ1) is 20.9. The van der Waals surface area contributed by atoms with Gasteiger partial charge in [0.15, 0.2) is 11.8 Å². The van der Waals surface area contributed by atoms with Crippen molar-refractivity contribution in [2.45, 2.75) is 58.8 Å². The second-order valence-electron chi connectivity index (χ2n) is 8.07. The van der Waals surface area contributed by atoms with E-state index >= 15 is 0 Å². The number of guanidine groups is 1. The first-order valence-corrected chi connectivity index (χ1v) is 9.66. The largest absolute Gasteiger partial charge is 0.356 e. The van der Waals surface area contributed by atoms with Gasteiger partial charge in [0.05, 0.1) is 0 Å². The van der Waals surface area contributed by atoms with Gasteiger partial charge in [-0.15, -0.1) is 0 Å². The van der Waals surface area contributed by atoms with Crippen LogP contribution < -0.4 is 10.6 Å². The number of hydrogen-bond acceptors (Lipinski definition) is 4. The van der Waals surface area contributed by atoms with Gasteiger partial charge in [-0.3, -0.25) is 4.99 Å². The molecule has 2 N–H and O–H groups in total. The number of benzene rings is 1. The molecule has 1 aromatic heterocycles. The van der Waals surface area contributed by atoms with Crippen LogP contribution in [-0.2, 0) is 18.3 Å². The molecular weight excluding hydrogens is 338 g/mol. The van der Waals surface area contributed by atoms with Crippen molar-refractivity contribution in [1.82, 2.24) is 20.8 Å². The molecule has 0 saturated heterocycles. The zero-order chi connectivity index (χ0) is 19.9. The van der Waals surface area contributed by atoms with Gasteiger partial charge in [0.25, 0.3) is 0 Å². The highest BCUT2D eigenvalue weighted by Gasteiger charge is 2.13. The summed E-state index contributed by atoms with van der Waals surface area (Å²) in [6, 6.07) is 8.86. The van der Waals surface area contributed by atoms with Crippen molar-refractivity contribution in [2.75, 3.05) is 20.1 Å². The van der Waals surface area contributed by atoms with E-state index in [1.807, 2.05) is 0 Å². The molecule has 27 heavy (non-hydrogen) atoms. The van der Waals surface area contributed by atoms with Crippen molar-refractivity contribution in [3.63, 3.8) is 0 Å². The van der Waals surface area contributed by atoms with Gasteiger partial charge in [-0.2, -0.15) is 4.98 Å². The topological polar surface area (TPSA) is 75.3 Å². The Morgan fingerprint density at radius 1 is 1.07 bits per heavy atom. The molecule has 0 aliphatic rings. The quantitative estimate of drug-likeness (QED) is 0.576. The molecule has 1 aromatic carbocycles. The van der Waals surface area contributed by atoms with Crippen molar-refractivity contribution in [3.05, 3.63) is 47.1 Å². The number of nitrogens with one attached hydrogen (secondary N) is 2. The van der Waals surface area contributed by atoms with E-state index in [0.717, 1.165) is 24.7 Å². The molecule has 0 fully saturated rings. The molecule has 0 amide bonds. The summed E-state index contributed by atoms with van der Waals surface area (Å²) in [4.78, 5) is 8.64. The molecule has 0 atom stereocenters. The van der Waals surface area contributed by atoms with Crippen LogP contribution in [0.3, 0.4) is 0 Å². The van der Waals surface area contributed by atoms with E-state index in [-0.39, 0.29) is 11.3 Å². The van der Waals surface area contributed by atoms with Crippen LogP contribution in [0.25, 0.3) is 0 Å². The number of nitrogens with zero attached hydrogens (tertiary/aromatic N) is 3. The highest BCUT2D eigenvalue weighted by Crippen LogP contribution is 2.22. The molecule has 0 unspecified atom stereocenters. The van der Waals surface area contributed by atoms with Crippen LogP contribution in [0.15, 0.2) is 33.8 Å². The van der Waals surface area contributed by atoms with Crippen LogP contribution >= 0.6 is 0 Å². The molecule has 0 saturated carbocycles. The lowest BCUT2D eigenvalue weighted by Crippen LogP contribution is -2.39. The number of aromatic nitrogens is 2. The lowest BCUT2D eigenvalue weighted by Gasteiger charge is -2.19. The fourth-order valence-corrected chi connectivity index (χ4v) is 2.61. The SMILES string of the molecule is CN=C(NCCc1ccc(C(C)(C)C)cc1)NCCc1nc(C(C)C)no1. The van der Waals surface area contributed by atoms with Gasteiger partial charge in [-0.25, -0.2) is 0 Å². The van der Waals surface area contributed by atoms with Gasteiger partial charge in [0.2, 0.25) is 5.89 Å². The van der Waals surface area contributed by atoms with Gasteiger partial charge in [-0.1, -0.05) is 64.0 Å². The lowest BCUT2D eigenvalue weighted by atomic mass is 9.86. The minimum absolute atomic E-state index is 0.192. The van der Waals surface area contributed by atoms with Crippen LogP contribution in [-0.4, -0.2) is 36.2 Å². The average molecular weight is 372 g/mol. The van der Waals surface area contributed by atoms with Crippen LogP contribution in [0, 0.1) is 0 Å². The van der Waals surface area contributed by atoms with Crippen LogP contribution in [0.5, 0.6) is 0 Å². The third kappa shape index (κ3) is 6.70. The van der Waals surface area contributed by atoms with Gasteiger partial charge in [0, 0.05) is 32.5 Å². The summed E-state index contributed by atoms with van der Waals surface area (Å²) in [5, 5.41) is 10.6. The molecule has 6 nitrogen and oxygen atoms in total. The summed E-state index contributed by atoms with van der Waals surface area (Å²) in [6.07, 6.45) is 1.63. The van der Waals surface area contributed by atoms with Gasteiger partial charge in [0.1, 0.15) is 0 Å². The zero-order valence-electron chi connectivity index (χ0n) is 17.5. The molecule has 0 aliphatic carbocycles. The third-order valence-electron chi connectivity index (χ3n) is 4.38. The van der Waals surface area contributed by atoms with Crippen LogP contribution in [0.2, 0.25) is 0 Å². The Hall–Kier alpha value is -2.37. The molecular formula is C21H33N5O. The normalized spacial score (nSPS) is 12.5. The number of hydrogen-bond donors (Lipinski definition) is 2. The van der Waals surface area contributed by atoms with Crippen molar-refractivity contribution in [2.24, 2.45) is 4.99 Å². The average Bonchev–Trinajstić information content (AvgIpc) is 3.09. The van der Waals surface area contributed by atoms with Crippen molar-refractivity contribution in [3.8, 4) is 0 Å². The molecule has 0 spiro atoms. The van der Waals surface area contributed by atoms with Gasteiger partial charge < -0.3 is 15.2 Å². The highest BCUT2D eigenvalue weighted by molar-refractivity contribution is 5.79. The summed E-state index contributed by atoms with van der Waals surface area (Å²) in [5.41, 5.74) is 2.87. The first-order valence-electron chi connectivity index (χ1n) is 9.66. The molecule has 2 rings (SSSR count). The zero-order valence-corrected chi connectivity index (χ0v) is 17.5. The Kier molecular flexibility index (Phi) is 7.39. The Morgan fingerprint density at radius 3 is 2.22 bits per heavy atom. The predicted molar refractivity (Wildman–Crippen MR) is 110 cm³/mol. The maximum atomic E-state index is 5.25. The number of aliphatic imine (C=N–C) groups is 1. The van der Waals surface area contributed by atoms with Crippen molar-refractivity contribution < 1.29 is 4.52 Å². The molecule has 0 aliphatic heterocycles. The van der Waals surface area contributed by atoms with E-state index < -0.39 is 0 Å². The molecule has 0 bridgehead atoms. The van der Waals surface area contributed by atoms with E-state index in [1.165, 1.54) is 11.1 Å². The summed E-state index contributed by atoms with van der Waals surface area (Å²) in [6.45, 7) is 12.3. The Bertz CT molecular complexity index is 726. The monoisotopic (exact) mass is 371 g/mol.